The maximum Gasteiger partial charge on any atom is 0.123 e. The van der Waals surface area contributed by atoms with Crippen molar-refractivity contribution in [2.45, 2.75) is 59.3 Å². The highest BCUT2D eigenvalue weighted by Crippen LogP contribution is 2.31. The molecule has 0 saturated heterocycles. The third-order valence-corrected chi connectivity index (χ3v) is 4.52. The van der Waals surface area contributed by atoms with Gasteiger partial charge in [-0.1, -0.05) is 52.0 Å². The van der Waals surface area contributed by atoms with Gasteiger partial charge in [0.1, 0.15) is 5.82 Å². The Balaban J connectivity index is 2.30. The van der Waals surface area contributed by atoms with Gasteiger partial charge in [-0.25, -0.2) is 4.39 Å². The predicted octanol–water partition coefficient (Wildman–Crippen LogP) is 6.09. The maximum atomic E-state index is 13.3. The molecule has 2 aromatic carbocycles. The molecule has 0 radical (unpaired) electrons. The Morgan fingerprint density at radius 2 is 1.64 bits per heavy atom. The van der Waals surface area contributed by atoms with Gasteiger partial charge in [-0.2, -0.15) is 0 Å². The second-order valence-corrected chi connectivity index (χ2v) is 7.37. The second kappa shape index (κ2) is 6.24. The summed E-state index contributed by atoms with van der Waals surface area (Å²) >= 11 is 0. The van der Waals surface area contributed by atoms with E-state index in [4.69, 9.17) is 0 Å². The Bertz CT molecular complexity index is 666. The first-order valence-corrected chi connectivity index (χ1v) is 8.07. The number of halogens is 1. The van der Waals surface area contributed by atoms with Gasteiger partial charge >= 0.3 is 0 Å². The molecule has 0 aliphatic heterocycles. The molecule has 0 atom stereocenters. The lowest BCUT2D eigenvalue weighted by Crippen LogP contribution is -2.22. The molecule has 0 aliphatic rings. The molecular weight excluding hydrogens is 271 g/mol. The van der Waals surface area contributed by atoms with E-state index in [1.807, 2.05) is 13.0 Å². The Morgan fingerprint density at radius 3 is 2.18 bits per heavy atom. The molecule has 0 heterocycles. The molecule has 2 rings (SSSR count). The van der Waals surface area contributed by atoms with Crippen LogP contribution in [0.5, 0.6) is 0 Å². The number of benzene rings is 2. The Morgan fingerprint density at radius 1 is 0.955 bits per heavy atom. The van der Waals surface area contributed by atoms with Crippen molar-refractivity contribution in [2.75, 3.05) is 0 Å². The minimum atomic E-state index is -0.158. The zero-order valence-electron chi connectivity index (χ0n) is 14.6. The molecule has 0 aliphatic carbocycles. The molecule has 0 aromatic heterocycles. The van der Waals surface area contributed by atoms with Crippen molar-refractivity contribution in [3.05, 3.63) is 70.0 Å². The highest BCUT2D eigenvalue weighted by atomic mass is 19.1. The van der Waals surface area contributed by atoms with Crippen molar-refractivity contribution < 1.29 is 4.39 Å². The zero-order valence-corrected chi connectivity index (χ0v) is 14.6. The topological polar surface area (TPSA) is 0 Å². The lowest BCUT2D eigenvalue weighted by molar-refractivity contribution is 0.516. The smallest absolute Gasteiger partial charge is 0.123 e. The molecule has 0 nitrogen and oxygen atoms in total. The molecule has 118 valence electrons. The summed E-state index contributed by atoms with van der Waals surface area (Å²) in [4.78, 5) is 0. The highest BCUT2D eigenvalue weighted by Gasteiger charge is 2.23. The van der Waals surface area contributed by atoms with Crippen LogP contribution < -0.4 is 0 Å². The monoisotopic (exact) mass is 298 g/mol. The first-order chi connectivity index (χ1) is 10.2. The normalized spacial score (nSPS) is 12.0. The van der Waals surface area contributed by atoms with Gasteiger partial charge in [0, 0.05) is 0 Å². The van der Waals surface area contributed by atoms with Gasteiger partial charge in [0.15, 0.2) is 0 Å². The van der Waals surface area contributed by atoms with Gasteiger partial charge < -0.3 is 0 Å². The molecule has 22 heavy (non-hydrogen) atoms. The van der Waals surface area contributed by atoms with E-state index in [0.717, 1.165) is 12.0 Å². The average Bonchev–Trinajstić information content (AvgIpc) is 2.37. The van der Waals surface area contributed by atoms with E-state index in [1.165, 1.54) is 22.3 Å². The van der Waals surface area contributed by atoms with Gasteiger partial charge in [-0.15, -0.1) is 0 Å². The van der Waals surface area contributed by atoms with Crippen LogP contribution in [0.4, 0.5) is 4.39 Å². The van der Waals surface area contributed by atoms with Crippen molar-refractivity contribution in [1.82, 2.24) is 0 Å². The van der Waals surface area contributed by atoms with Crippen LogP contribution in [0.25, 0.3) is 0 Å². The summed E-state index contributed by atoms with van der Waals surface area (Å²) in [6, 6.07) is 11.9. The van der Waals surface area contributed by atoms with Gasteiger partial charge in [0.05, 0.1) is 0 Å². The van der Waals surface area contributed by atoms with Crippen molar-refractivity contribution in [2.24, 2.45) is 0 Å². The van der Waals surface area contributed by atoms with Gasteiger partial charge in [-0.05, 0) is 71.6 Å². The second-order valence-electron chi connectivity index (χ2n) is 7.37. The van der Waals surface area contributed by atoms with Crippen molar-refractivity contribution in [3.63, 3.8) is 0 Å². The van der Waals surface area contributed by atoms with E-state index >= 15 is 0 Å². The standard InChI is InChI=1S/C21H27F/c1-14(2)19-9-7-17(11-15(19)3)13-21(5,6)20-10-8-18(22)12-16(20)4/h7-12,14H,13H2,1-6H3. The van der Waals surface area contributed by atoms with Crippen LogP contribution in [-0.2, 0) is 11.8 Å². The van der Waals surface area contributed by atoms with Crippen molar-refractivity contribution >= 4 is 0 Å². The fraction of sp³-hybridized carbons (Fsp3) is 0.429. The summed E-state index contributed by atoms with van der Waals surface area (Å²) in [5.41, 5.74) is 6.36. The van der Waals surface area contributed by atoms with Crippen LogP contribution in [0, 0.1) is 19.7 Å². The highest BCUT2D eigenvalue weighted by molar-refractivity contribution is 5.38. The van der Waals surface area contributed by atoms with E-state index in [9.17, 15) is 4.39 Å². The molecule has 0 amide bonds. The van der Waals surface area contributed by atoms with E-state index in [-0.39, 0.29) is 11.2 Å². The number of hydrogen-bond acceptors (Lipinski definition) is 0. The molecule has 1 heteroatoms. The first kappa shape index (κ1) is 16.7. The van der Waals surface area contributed by atoms with E-state index in [2.05, 4.69) is 52.8 Å². The molecule has 0 saturated carbocycles. The molecule has 0 unspecified atom stereocenters. The number of aryl methyl sites for hydroxylation is 2. The minimum absolute atomic E-state index is 0.0103. The zero-order chi connectivity index (χ0) is 16.5. The van der Waals surface area contributed by atoms with Crippen LogP contribution in [0.2, 0.25) is 0 Å². The summed E-state index contributed by atoms with van der Waals surface area (Å²) in [6.07, 6.45) is 0.957. The Hall–Kier alpha value is -1.63. The molecule has 2 aromatic rings. The van der Waals surface area contributed by atoms with Gasteiger partial charge in [-0.3, -0.25) is 0 Å². The number of rotatable bonds is 4. The first-order valence-electron chi connectivity index (χ1n) is 8.07. The van der Waals surface area contributed by atoms with E-state index in [0.29, 0.717) is 5.92 Å². The summed E-state index contributed by atoms with van der Waals surface area (Å²) < 4.78 is 13.3. The molecule has 0 N–H and O–H groups in total. The fourth-order valence-corrected chi connectivity index (χ4v) is 3.49. The number of hydrogen-bond donors (Lipinski definition) is 0. The molecule has 0 bridgehead atoms. The van der Waals surface area contributed by atoms with Crippen molar-refractivity contribution in [1.29, 1.82) is 0 Å². The lowest BCUT2D eigenvalue weighted by atomic mass is 9.77. The molecule has 0 fully saturated rings. The van der Waals surface area contributed by atoms with Crippen LogP contribution in [0.15, 0.2) is 36.4 Å². The van der Waals surface area contributed by atoms with Crippen molar-refractivity contribution in [3.8, 4) is 0 Å². The van der Waals surface area contributed by atoms with E-state index in [1.54, 1.807) is 12.1 Å². The summed E-state index contributed by atoms with van der Waals surface area (Å²) in [5, 5.41) is 0. The Labute approximate surface area is 134 Å². The minimum Gasteiger partial charge on any atom is -0.207 e. The van der Waals surface area contributed by atoms with E-state index < -0.39 is 0 Å². The SMILES string of the molecule is Cc1cc(CC(C)(C)c2ccc(F)cc2C)ccc1C(C)C. The van der Waals surface area contributed by atoms with Crippen LogP contribution in [0.1, 0.15) is 61.4 Å². The summed E-state index contributed by atoms with van der Waals surface area (Å²) in [5.74, 6) is 0.399. The fourth-order valence-electron chi connectivity index (χ4n) is 3.49. The maximum absolute atomic E-state index is 13.3. The third-order valence-electron chi connectivity index (χ3n) is 4.52. The summed E-state index contributed by atoms with van der Waals surface area (Å²) in [7, 11) is 0. The average molecular weight is 298 g/mol. The third kappa shape index (κ3) is 3.58. The largest absolute Gasteiger partial charge is 0.207 e. The molecule has 0 spiro atoms. The van der Waals surface area contributed by atoms with Crippen LogP contribution in [-0.4, -0.2) is 0 Å². The Kier molecular flexibility index (Phi) is 4.75. The molecular formula is C21H27F. The van der Waals surface area contributed by atoms with Gasteiger partial charge in [0.2, 0.25) is 0 Å². The van der Waals surface area contributed by atoms with Crippen LogP contribution in [0.3, 0.4) is 0 Å². The lowest BCUT2D eigenvalue weighted by Gasteiger charge is -2.28. The predicted molar refractivity (Wildman–Crippen MR) is 93.1 cm³/mol. The van der Waals surface area contributed by atoms with Gasteiger partial charge in [0.25, 0.3) is 0 Å². The quantitative estimate of drug-likeness (QED) is 0.641. The van der Waals surface area contributed by atoms with Crippen LogP contribution >= 0.6 is 0 Å². The summed E-state index contributed by atoms with van der Waals surface area (Å²) in [6.45, 7) is 13.1.